The summed E-state index contributed by atoms with van der Waals surface area (Å²) in [5.41, 5.74) is 0.316. The Morgan fingerprint density at radius 3 is 1.76 bits per heavy atom. The van der Waals surface area contributed by atoms with Gasteiger partial charge in [-0.15, -0.1) is 0 Å². The molecule has 1 aromatic carbocycles. The highest BCUT2D eigenvalue weighted by molar-refractivity contribution is 5.99. The van der Waals surface area contributed by atoms with Crippen LogP contribution in [-0.2, 0) is 28.6 Å². The van der Waals surface area contributed by atoms with Gasteiger partial charge in [0.05, 0.1) is 21.3 Å². The van der Waals surface area contributed by atoms with E-state index in [9.17, 15) is 19.2 Å². The van der Waals surface area contributed by atoms with Crippen molar-refractivity contribution in [3.63, 3.8) is 0 Å². The largest absolute Gasteiger partial charge is 0.468 e. The Hall–Kier alpha value is -2.90. The van der Waals surface area contributed by atoms with Gasteiger partial charge in [-0.1, -0.05) is 25.1 Å². The van der Waals surface area contributed by atoms with E-state index in [-0.39, 0.29) is 0 Å². The summed E-state index contributed by atoms with van der Waals surface area (Å²) in [4.78, 5) is 48.3. The average Bonchev–Trinajstić information content (AvgIpc) is 2.65. The number of esters is 3. The monoisotopic (exact) mass is 351 g/mol. The van der Waals surface area contributed by atoms with Crippen molar-refractivity contribution in [2.45, 2.75) is 13.0 Å². The predicted molar refractivity (Wildman–Crippen MR) is 86.4 cm³/mol. The van der Waals surface area contributed by atoms with Gasteiger partial charge in [0.15, 0.2) is 5.92 Å². The maximum atomic E-state index is 12.3. The van der Waals surface area contributed by atoms with Crippen LogP contribution in [0.2, 0.25) is 0 Å². The summed E-state index contributed by atoms with van der Waals surface area (Å²) in [7, 11) is 3.36. The number of carbonyl (C=O) groups excluding carboxylic acids is 4. The smallest absolute Gasteiger partial charge is 0.328 e. The van der Waals surface area contributed by atoms with Crippen LogP contribution < -0.4 is 5.32 Å². The number of amides is 1. The Kier molecular flexibility index (Phi) is 7.58. The molecule has 2 atom stereocenters. The molecule has 0 aliphatic heterocycles. The van der Waals surface area contributed by atoms with E-state index in [2.05, 4.69) is 19.5 Å². The second kappa shape index (κ2) is 9.41. The van der Waals surface area contributed by atoms with Crippen LogP contribution in [0.1, 0.15) is 17.3 Å². The zero-order valence-electron chi connectivity index (χ0n) is 14.5. The highest BCUT2D eigenvalue weighted by Gasteiger charge is 2.42. The zero-order chi connectivity index (χ0) is 19.0. The van der Waals surface area contributed by atoms with Gasteiger partial charge in [0.2, 0.25) is 0 Å². The first kappa shape index (κ1) is 20.1. The zero-order valence-corrected chi connectivity index (χ0v) is 14.5. The molecule has 8 nitrogen and oxygen atoms in total. The van der Waals surface area contributed by atoms with Crippen LogP contribution in [0.15, 0.2) is 30.3 Å². The molecule has 0 saturated heterocycles. The summed E-state index contributed by atoms with van der Waals surface area (Å²) >= 11 is 0. The van der Waals surface area contributed by atoms with Crippen molar-refractivity contribution < 1.29 is 33.4 Å². The number of benzene rings is 1. The number of carbonyl (C=O) groups is 4. The number of hydrogen-bond donors (Lipinski definition) is 1. The Morgan fingerprint density at radius 1 is 0.840 bits per heavy atom. The summed E-state index contributed by atoms with van der Waals surface area (Å²) in [6.07, 6.45) is 0. The number of ether oxygens (including phenoxy) is 3. The molecule has 136 valence electrons. The minimum Gasteiger partial charge on any atom is -0.468 e. The quantitative estimate of drug-likeness (QED) is 0.434. The number of hydrogen-bond acceptors (Lipinski definition) is 7. The lowest BCUT2D eigenvalue weighted by molar-refractivity contribution is -0.162. The second-order valence-corrected chi connectivity index (χ2v) is 5.22. The molecule has 0 spiro atoms. The summed E-state index contributed by atoms with van der Waals surface area (Å²) < 4.78 is 13.9. The standard InChI is InChI=1S/C17H21NO7/c1-10(12(15(20)23-2)16(21)24-3)13(17(22)25-4)18-14(19)11-8-6-5-7-9-11/h5-10,12-13H,1-4H3,(H,18,19)/t10-,13-/m0/s1. The fraction of sp³-hybridized carbons (Fsp3) is 0.412. The molecular formula is C17H21NO7. The van der Waals surface area contributed by atoms with Crippen molar-refractivity contribution in [1.82, 2.24) is 5.32 Å². The molecule has 8 heteroatoms. The Bertz CT molecular complexity index is 613. The van der Waals surface area contributed by atoms with Crippen LogP contribution in [0.4, 0.5) is 0 Å². The average molecular weight is 351 g/mol. The van der Waals surface area contributed by atoms with E-state index in [1.165, 1.54) is 6.92 Å². The maximum absolute atomic E-state index is 12.3. The lowest BCUT2D eigenvalue weighted by atomic mass is 9.87. The summed E-state index contributed by atoms with van der Waals surface area (Å²) in [5.74, 6) is -5.44. The van der Waals surface area contributed by atoms with E-state index in [0.717, 1.165) is 21.3 Å². The van der Waals surface area contributed by atoms with E-state index in [1.54, 1.807) is 30.3 Å². The molecule has 0 bridgehead atoms. The second-order valence-electron chi connectivity index (χ2n) is 5.22. The van der Waals surface area contributed by atoms with Gasteiger partial charge in [-0.05, 0) is 12.1 Å². The van der Waals surface area contributed by atoms with E-state index < -0.39 is 41.7 Å². The van der Waals surface area contributed by atoms with Crippen LogP contribution in [0.25, 0.3) is 0 Å². The predicted octanol–water partition coefficient (Wildman–Crippen LogP) is 0.556. The molecule has 0 radical (unpaired) electrons. The topological polar surface area (TPSA) is 108 Å². The normalized spacial score (nSPS) is 12.7. The molecule has 0 fully saturated rings. The molecule has 0 aliphatic carbocycles. The van der Waals surface area contributed by atoms with Crippen LogP contribution in [0.3, 0.4) is 0 Å². The van der Waals surface area contributed by atoms with Gasteiger partial charge < -0.3 is 19.5 Å². The molecule has 0 heterocycles. The van der Waals surface area contributed by atoms with Crippen molar-refractivity contribution in [2.24, 2.45) is 11.8 Å². The first-order valence-corrected chi connectivity index (χ1v) is 7.46. The minimum atomic E-state index is -1.39. The summed E-state index contributed by atoms with van der Waals surface area (Å²) in [5, 5.41) is 2.49. The van der Waals surface area contributed by atoms with E-state index in [0.29, 0.717) is 5.56 Å². The van der Waals surface area contributed by atoms with Crippen molar-refractivity contribution in [3.05, 3.63) is 35.9 Å². The van der Waals surface area contributed by atoms with Gasteiger partial charge in [-0.2, -0.15) is 0 Å². The molecule has 25 heavy (non-hydrogen) atoms. The van der Waals surface area contributed by atoms with E-state index in [1.807, 2.05) is 0 Å². The van der Waals surface area contributed by atoms with Crippen molar-refractivity contribution in [2.75, 3.05) is 21.3 Å². The summed E-state index contributed by atoms with van der Waals surface area (Å²) in [6, 6.07) is 6.94. The van der Waals surface area contributed by atoms with Crippen molar-refractivity contribution in [3.8, 4) is 0 Å². The Morgan fingerprint density at radius 2 is 1.32 bits per heavy atom. The highest BCUT2D eigenvalue weighted by Crippen LogP contribution is 2.21. The molecule has 0 aliphatic rings. The van der Waals surface area contributed by atoms with Crippen LogP contribution >= 0.6 is 0 Å². The van der Waals surface area contributed by atoms with E-state index >= 15 is 0 Å². The maximum Gasteiger partial charge on any atom is 0.328 e. The fourth-order valence-electron chi connectivity index (χ4n) is 2.32. The SMILES string of the molecule is COC(=O)C(C(=O)OC)[C@H](C)[C@H](NC(=O)c1ccccc1)C(=O)OC. The van der Waals surface area contributed by atoms with Gasteiger partial charge in [0, 0.05) is 11.5 Å². The molecule has 1 aromatic rings. The third-order valence-corrected chi connectivity index (χ3v) is 3.74. The van der Waals surface area contributed by atoms with Crippen LogP contribution in [0.5, 0.6) is 0 Å². The van der Waals surface area contributed by atoms with Gasteiger partial charge in [0.1, 0.15) is 6.04 Å². The third-order valence-electron chi connectivity index (χ3n) is 3.74. The molecule has 1 amide bonds. The molecular weight excluding hydrogens is 330 g/mol. The number of rotatable bonds is 7. The number of methoxy groups -OCH3 is 3. The molecule has 0 saturated carbocycles. The lowest BCUT2D eigenvalue weighted by Crippen LogP contribution is -2.51. The number of nitrogens with one attached hydrogen (secondary N) is 1. The van der Waals surface area contributed by atoms with Crippen LogP contribution in [-0.4, -0.2) is 51.2 Å². The van der Waals surface area contributed by atoms with E-state index in [4.69, 9.17) is 0 Å². The highest BCUT2D eigenvalue weighted by atomic mass is 16.5. The van der Waals surface area contributed by atoms with Gasteiger partial charge in [0.25, 0.3) is 5.91 Å². The third kappa shape index (κ3) is 5.03. The minimum absolute atomic E-state index is 0.316. The van der Waals surface area contributed by atoms with Gasteiger partial charge in [-0.3, -0.25) is 14.4 Å². The van der Waals surface area contributed by atoms with Crippen LogP contribution in [0, 0.1) is 11.8 Å². The molecule has 0 unspecified atom stereocenters. The van der Waals surface area contributed by atoms with Gasteiger partial charge in [-0.25, -0.2) is 4.79 Å². The Balaban J connectivity index is 3.11. The Labute approximate surface area is 145 Å². The molecule has 1 rings (SSSR count). The van der Waals surface area contributed by atoms with Crippen molar-refractivity contribution >= 4 is 23.8 Å². The lowest BCUT2D eigenvalue weighted by Gasteiger charge is -2.27. The summed E-state index contributed by atoms with van der Waals surface area (Å²) in [6.45, 7) is 1.45. The van der Waals surface area contributed by atoms with Gasteiger partial charge >= 0.3 is 17.9 Å². The first-order chi connectivity index (χ1) is 11.9. The first-order valence-electron chi connectivity index (χ1n) is 7.46. The molecule has 1 N–H and O–H groups in total. The fourth-order valence-corrected chi connectivity index (χ4v) is 2.32. The van der Waals surface area contributed by atoms with Crippen molar-refractivity contribution in [1.29, 1.82) is 0 Å². The molecule has 0 aromatic heterocycles.